The van der Waals surface area contributed by atoms with E-state index in [9.17, 15) is 0 Å². The lowest BCUT2D eigenvalue weighted by molar-refractivity contribution is 0.660. The van der Waals surface area contributed by atoms with Gasteiger partial charge in [0.05, 0.1) is 72.9 Å². The Labute approximate surface area is 764 Å². The topological polar surface area (TPSA) is 81.0 Å². The number of rotatable bonds is 9. The minimum atomic E-state index is -0.0105. The molecule has 0 amide bonds. The van der Waals surface area contributed by atoms with Crippen LogP contribution in [0.15, 0.2) is 450 Å². The SMILES string of the molecule is CC1(C)c2ccccc2-c2cc(-c3cccc(N4c5ccccc5-c5ccc6ccn(-c7ccncc7)c6c5-c5ccccc54)c3)ccc21.CCn1c(-c2cccc(N3c4ccccc4-c4ccc5ccn(-c6ccccc6)c5c4-c4ccccc43)c2)nc2ccccc21.c1ccc(N2c3ccccc3-c3ccc4c(ccn4-c4ccnc5cccnc45)c3-c3ccccc32)cc1. The van der Waals surface area contributed by atoms with Crippen molar-refractivity contribution >= 4 is 106 Å². The van der Waals surface area contributed by atoms with Crippen molar-refractivity contribution in [2.75, 3.05) is 14.7 Å². The zero-order valence-electron chi connectivity index (χ0n) is 72.9. The van der Waals surface area contributed by atoms with Crippen LogP contribution in [-0.2, 0) is 12.0 Å². The Hall–Kier alpha value is -17.3. The molecule has 132 heavy (non-hydrogen) atoms. The third kappa shape index (κ3) is 12.4. The largest absolute Gasteiger partial charge is 0.324 e. The number of aromatic nitrogens is 8. The summed E-state index contributed by atoms with van der Waals surface area (Å²) in [6, 6.07) is 147. The number of anilines is 9. The minimum absolute atomic E-state index is 0.0105. The summed E-state index contributed by atoms with van der Waals surface area (Å²) in [7, 11) is 0. The Morgan fingerprint density at radius 1 is 0.265 bits per heavy atom. The Kier molecular flexibility index (Phi) is 18.3. The first-order valence-corrected chi connectivity index (χ1v) is 45.3. The molecule has 3 aliphatic heterocycles. The summed E-state index contributed by atoms with van der Waals surface area (Å²) >= 11 is 0. The summed E-state index contributed by atoms with van der Waals surface area (Å²) in [6.45, 7) is 7.71. The number of nitrogens with zero attached hydrogens (tertiary/aromatic N) is 11. The molecule has 0 N–H and O–H groups in total. The quantitative estimate of drug-likeness (QED) is 0.142. The van der Waals surface area contributed by atoms with Gasteiger partial charge in [-0.2, -0.15) is 0 Å². The van der Waals surface area contributed by atoms with Gasteiger partial charge in [0.15, 0.2) is 0 Å². The Bertz CT molecular complexity index is 8520. The molecule has 0 atom stereocenters. The van der Waals surface area contributed by atoms with Gasteiger partial charge in [0, 0.05) is 156 Å². The van der Waals surface area contributed by atoms with Gasteiger partial charge in [0.2, 0.25) is 0 Å². The van der Waals surface area contributed by atoms with Gasteiger partial charge >= 0.3 is 0 Å². The van der Waals surface area contributed by atoms with Crippen LogP contribution in [0.4, 0.5) is 51.2 Å². The van der Waals surface area contributed by atoms with Crippen LogP contribution in [0.3, 0.4) is 0 Å². The molecule has 0 radical (unpaired) electrons. The van der Waals surface area contributed by atoms with Crippen molar-refractivity contribution in [3.63, 3.8) is 0 Å². The van der Waals surface area contributed by atoms with Crippen molar-refractivity contribution in [1.29, 1.82) is 0 Å². The molecule has 10 heterocycles. The lowest BCUT2D eigenvalue weighted by atomic mass is 9.82. The predicted octanol–water partition coefficient (Wildman–Crippen LogP) is 31.6. The van der Waals surface area contributed by atoms with Gasteiger partial charge in [-0.1, -0.05) is 263 Å². The highest BCUT2D eigenvalue weighted by Crippen LogP contribution is 2.59. The summed E-state index contributed by atoms with van der Waals surface area (Å²) in [4.78, 5) is 25.8. The van der Waals surface area contributed by atoms with Crippen LogP contribution < -0.4 is 14.7 Å². The fourth-order valence-electron chi connectivity index (χ4n) is 21.3. The maximum absolute atomic E-state index is 5.09. The normalized spacial score (nSPS) is 12.7. The lowest BCUT2D eigenvalue weighted by Crippen LogP contribution is -2.14. The molecule has 624 valence electrons. The lowest BCUT2D eigenvalue weighted by Gasteiger charge is -2.27. The number of hydrogen-bond donors (Lipinski definition) is 0. The summed E-state index contributed by atoms with van der Waals surface area (Å²) in [6.07, 6.45) is 13.9. The van der Waals surface area contributed by atoms with E-state index < -0.39 is 0 Å². The average Bonchev–Trinajstić information content (AvgIpc) is 1.57. The second kappa shape index (κ2) is 31.3. The number of aryl methyl sites for hydroxylation is 1. The first kappa shape index (κ1) is 77.1. The third-order valence-corrected chi connectivity index (χ3v) is 27.2. The Morgan fingerprint density at radius 3 is 1.33 bits per heavy atom. The number of benzene rings is 16. The van der Waals surface area contributed by atoms with Crippen LogP contribution in [0.2, 0.25) is 0 Å². The average molecular weight is 1690 g/mol. The van der Waals surface area contributed by atoms with E-state index in [0.717, 1.165) is 102 Å². The molecule has 1 aliphatic carbocycles. The smallest absolute Gasteiger partial charge is 0.141 e. The molecule has 0 bridgehead atoms. The molecular formula is C121H85N11. The molecule has 0 saturated carbocycles. The van der Waals surface area contributed by atoms with Crippen molar-refractivity contribution in [2.45, 2.75) is 32.7 Å². The molecular weight excluding hydrogens is 1610 g/mol. The number of pyridine rings is 3. The number of fused-ring (bicyclic) bond motifs is 26. The molecule has 0 fully saturated rings. The maximum Gasteiger partial charge on any atom is 0.141 e. The van der Waals surface area contributed by atoms with Crippen molar-refractivity contribution in [1.82, 2.24) is 38.2 Å². The van der Waals surface area contributed by atoms with Crippen LogP contribution in [0.5, 0.6) is 0 Å². The summed E-state index contributed by atoms with van der Waals surface area (Å²) in [5, 5.41) is 3.64. The van der Waals surface area contributed by atoms with E-state index in [-0.39, 0.29) is 5.41 Å². The minimum Gasteiger partial charge on any atom is -0.324 e. The molecule has 23 aromatic rings. The summed E-state index contributed by atoms with van der Waals surface area (Å²) < 4.78 is 9.18. The van der Waals surface area contributed by atoms with E-state index >= 15 is 0 Å². The highest BCUT2D eigenvalue weighted by Gasteiger charge is 2.37. The third-order valence-electron chi connectivity index (χ3n) is 27.2. The standard InChI is InChI=1S/C46H33N3.C41H30N4.C34H22N4/c1-46(2)40-15-6-3-12-35(40)39-29-32(19-21-41(39)46)31-10-9-11-34(28-31)49-42-16-7-4-13-36(42)37-20-18-30-24-27-48(33-22-25-47-26-23-33)45(30)44(37)38-14-5-8-17-43(38)49;1-2-43-38-22-11-8-19-35(38)42-41(43)29-13-12-16-31(27-29)45-36-20-9-6-17-32(36)33-24-23-28-25-26-44(30-14-4-3-5-15-30)40(28)39(33)34-18-7-10-21-37(34)45;1-2-9-23(10-3-1)38-30-14-6-4-11-24(30)25-16-17-29-27(33(25)26-12-5-7-15-31(26)38)19-22-37(29)32-18-21-35-28-13-8-20-36-34(28)32/h3-29H,1-2H3;3-27H,2H2,1H3;1-22H. The molecule has 7 aromatic heterocycles. The zero-order valence-corrected chi connectivity index (χ0v) is 72.9. The highest BCUT2D eigenvalue weighted by molar-refractivity contribution is 6.16. The maximum atomic E-state index is 5.09. The highest BCUT2D eigenvalue weighted by atomic mass is 15.2. The molecule has 0 spiro atoms. The van der Waals surface area contributed by atoms with Gasteiger partial charge in [-0.3, -0.25) is 15.0 Å². The van der Waals surface area contributed by atoms with Crippen molar-refractivity contribution < 1.29 is 0 Å². The van der Waals surface area contributed by atoms with Gasteiger partial charge in [0.25, 0.3) is 0 Å². The second-order valence-electron chi connectivity index (χ2n) is 34.7. The summed E-state index contributed by atoms with van der Waals surface area (Å²) in [5.74, 6) is 0.989. The Balaban J connectivity index is 0.000000107. The number of hydrogen-bond acceptors (Lipinski definition) is 7. The van der Waals surface area contributed by atoms with Crippen molar-refractivity contribution in [3.8, 4) is 117 Å². The van der Waals surface area contributed by atoms with E-state index in [1.807, 2.05) is 43.0 Å². The van der Waals surface area contributed by atoms with Crippen LogP contribution in [-0.4, -0.2) is 38.2 Å². The number of imidazole rings is 1. The van der Waals surface area contributed by atoms with Crippen LogP contribution in [0, 0.1) is 0 Å². The second-order valence-corrected chi connectivity index (χ2v) is 34.7. The number of para-hydroxylation sites is 10. The van der Waals surface area contributed by atoms with E-state index in [2.05, 4.69) is 476 Å². The van der Waals surface area contributed by atoms with E-state index in [1.165, 1.54) is 139 Å². The van der Waals surface area contributed by atoms with E-state index in [0.29, 0.717) is 0 Å². The zero-order chi connectivity index (χ0) is 87.7. The van der Waals surface area contributed by atoms with E-state index in [1.54, 1.807) is 0 Å². The van der Waals surface area contributed by atoms with Crippen LogP contribution >= 0.6 is 0 Å². The molecule has 0 unspecified atom stereocenters. The first-order chi connectivity index (χ1) is 65.3. The monoisotopic (exact) mass is 1690 g/mol. The molecule has 11 heteroatoms. The first-order valence-electron chi connectivity index (χ1n) is 45.3. The van der Waals surface area contributed by atoms with Crippen LogP contribution in [0.1, 0.15) is 31.9 Å². The fourth-order valence-corrected chi connectivity index (χ4v) is 21.3. The predicted molar refractivity (Wildman–Crippen MR) is 545 cm³/mol. The van der Waals surface area contributed by atoms with E-state index in [4.69, 9.17) is 4.98 Å². The Morgan fingerprint density at radius 2 is 0.720 bits per heavy atom. The molecule has 27 rings (SSSR count). The van der Waals surface area contributed by atoms with Gasteiger partial charge in [-0.25, -0.2) is 4.98 Å². The summed E-state index contributed by atoms with van der Waals surface area (Å²) in [5.41, 5.74) is 44.8. The van der Waals surface area contributed by atoms with Crippen LogP contribution in [0.25, 0.3) is 172 Å². The fraction of sp³-hybridized carbons (Fsp3) is 0.0413. The van der Waals surface area contributed by atoms with Crippen molar-refractivity contribution in [3.05, 3.63) is 461 Å². The van der Waals surface area contributed by atoms with Gasteiger partial charge in [-0.15, -0.1) is 0 Å². The van der Waals surface area contributed by atoms with Gasteiger partial charge < -0.3 is 33.0 Å². The molecule has 11 nitrogen and oxygen atoms in total. The van der Waals surface area contributed by atoms with Crippen molar-refractivity contribution in [2.24, 2.45) is 0 Å². The van der Waals surface area contributed by atoms with Gasteiger partial charge in [0.1, 0.15) is 11.3 Å². The molecule has 16 aromatic carbocycles. The van der Waals surface area contributed by atoms with Gasteiger partial charge in [-0.05, 0) is 215 Å². The molecule has 4 aliphatic rings. The molecule has 0 saturated heterocycles.